The number of rotatable bonds is 7. The van der Waals surface area contributed by atoms with Gasteiger partial charge in [0.2, 0.25) is 0 Å². The third-order valence-corrected chi connectivity index (χ3v) is 3.59. The number of benzene rings is 1. The van der Waals surface area contributed by atoms with E-state index in [0.717, 1.165) is 18.9 Å². The summed E-state index contributed by atoms with van der Waals surface area (Å²) in [7, 11) is 0. The maximum Gasteiger partial charge on any atom is 0.325 e. The van der Waals surface area contributed by atoms with Crippen molar-refractivity contribution in [3.63, 3.8) is 0 Å². The number of hydrogen-bond acceptors (Lipinski definition) is 4. The van der Waals surface area contributed by atoms with Crippen LogP contribution < -0.4 is 10.6 Å². The zero-order chi connectivity index (χ0) is 16.8. The normalized spacial score (nSPS) is 14.7. The monoisotopic (exact) mass is 322 g/mol. The average molecular weight is 322 g/mol. The van der Waals surface area contributed by atoms with E-state index in [1.54, 1.807) is 0 Å². The lowest BCUT2D eigenvalue weighted by atomic mass is 10.2. The van der Waals surface area contributed by atoms with Gasteiger partial charge < -0.3 is 15.4 Å². The predicted molar refractivity (Wildman–Crippen MR) is 80.0 cm³/mol. The van der Waals surface area contributed by atoms with Crippen LogP contribution in [0.1, 0.15) is 30.1 Å². The first-order valence-electron chi connectivity index (χ1n) is 7.45. The fraction of sp³-hybridized carbons (Fsp3) is 0.438. The average Bonchev–Trinajstić information content (AvgIpc) is 3.36. The molecule has 1 aliphatic rings. The topological polar surface area (TPSA) is 84.5 Å². The highest BCUT2D eigenvalue weighted by Gasteiger charge is 2.28. The van der Waals surface area contributed by atoms with Crippen LogP contribution in [0, 0.1) is 11.7 Å². The van der Waals surface area contributed by atoms with Crippen LogP contribution in [0.25, 0.3) is 0 Å². The standard InChI is InChI=1S/C16H19FN2O4/c1-10(11-6-7-11)19-14(20)9-23-15(21)8-18-16(22)12-4-2-3-5-13(12)17/h2-5,10-11H,6-9H2,1H3,(H,18,22)(H,19,20)/t10-/m0/s1. The van der Waals surface area contributed by atoms with E-state index in [0.29, 0.717) is 5.92 Å². The van der Waals surface area contributed by atoms with Crippen LogP contribution in [-0.4, -0.2) is 37.0 Å². The summed E-state index contributed by atoms with van der Waals surface area (Å²) in [4.78, 5) is 34.8. The smallest absolute Gasteiger partial charge is 0.325 e. The summed E-state index contributed by atoms with van der Waals surface area (Å²) in [5.74, 6) is -2.02. The fourth-order valence-electron chi connectivity index (χ4n) is 2.10. The van der Waals surface area contributed by atoms with Crippen molar-refractivity contribution < 1.29 is 23.5 Å². The number of amides is 2. The molecular weight excluding hydrogens is 303 g/mol. The summed E-state index contributed by atoms with van der Waals surface area (Å²) in [6, 6.07) is 5.51. The van der Waals surface area contributed by atoms with Gasteiger partial charge in [-0.1, -0.05) is 12.1 Å². The molecule has 0 bridgehead atoms. The second-order valence-corrected chi connectivity index (χ2v) is 5.52. The molecule has 0 unspecified atom stereocenters. The van der Waals surface area contributed by atoms with Crippen LogP contribution in [0.3, 0.4) is 0 Å². The molecule has 2 rings (SSSR count). The van der Waals surface area contributed by atoms with E-state index in [4.69, 9.17) is 4.74 Å². The molecule has 1 fully saturated rings. The zero-order valence-corrected chi connectivity index (χ0v) is 12.8. The minimum absolute atomic E-state index is 0.0713. The van der Waals surface area contributed by atoms with Crippen molar-refractivity contribution in [3.05, 3.63) is 35.6 Å². The molecule has 0 aromatic heterocycles. The van der Waals surface area contributed by atoms with Crippen molar-refractivity contribution in [2.24, 2.45) is 5.92 Å². The quantitative estimate of drug-likeness (QED) is 0.734. The minimum Gasteiger partial charge on any atom is -0.454 e. The van der Waals surface area contributed by atoms with Crippen LogP contribution in [0.5, 0.6) is 0 Å². The molecule has 2 amide bonds. The van der Waals surface area contributed by atoms with Crippen LogP contribution in [0.2, 0.25) is 0 Å². The van der Waals surface area contributed by atoms with E-state index in [2.05, 4.69) is 10.6 Å². The Morgan fingerprint density at radius 1 is 1.30 bits per heavy atom. The Balaban J connectivity index is 1.67. The maximum absolute atomic E-state index is 13.4. The van der Waals surface area contributed by atoms with Gasteiger partial charge in [0, 0.05) is 6.04 Å². The number of carbonyl (C=O) groups excluding carboxylic acids is 3. The largest absolute Gasteiger partial charge is 0.454 e. The molecule has 7 heteroatoms. The second-order valence-electron chi connectivity index (χ2n) is 5.52. The molecule has 1 saturated carbocycles. The van der Waals surface area contributed by atoms with E-state index in [9.17, 15) is 18.8 Å². The highest BCUT2D eigenvalue weighted by molar-refractivity contribution is 5.96. The van der Waals surface area contributed by atoms with Gasteiger partial charge in [-0.3, -0.25) is 14.4 Å². The minimum atomic E-state index is -0.760. The van der Waals surface area contributed by atoms with Crippen LogP contribution in [-0.2, 0) is 14.3 Å². The van der Waals surface area contributed by atoms with Gasteiger partial charge in [-0.25, -0.2) is 4.39 Å². The fourth-order valence-corrected chi connectivity index (χ4v) is 2.10. The van der Waals surface area contributed by atoms with Gasteiger partial charge in [-0.05, 0) is 37.8 Å². The zero-order valence-electron chi connectivity index (χ0n) is 12.8. The molecule has 0 radical (unpaired) electrons. The highest BCUT2D eigenvalue weighted by atomic mass is 19.1. The first-order chi connectivity index (χ1) is 11.0. The van der Waals surface area contributed by atoms with Gasteiger partial charge in [-0.15, -0.1) is 0 Å². The van der Waals surface area contributed by atoms with Crippen molar-refractivity contribution >= 4 is 17.8 Å². The number of ether oxygens (including phenoxy) is 1. The van der Waals surface area contributed by atoms with Gasteiger partial charge in [0.05, 0.1) is 5.56 Å². The van der Waals surface area contributed by atoms with Gasteiger partial charge in [0.15, 0.2) is 6.61 Å². The first kappa shape index (κ1) is 16.9. The highest BCUT2D eigenvalue weighted by Crippen LogP contribution is 2.32. The van der Waals surface area contributed by atoms with E-state index in [1.165, 1.54) is 18.2 Å². The summed E-state index contributed by atoms with van der Waals surface area (Å²) in [6.45, 7) is 1.08. The molecule has 1 aliphatic carbocycles. The Kier molecular flexibility index (Phi) is 5.67. The summed E-state index contributed by atoms with van der Waals surface area (Å²) in [5, 5.41) is 4.99. The lowest BCUT2D eigenvalue weighted by Gasteiger charge is -2.12. The third kappa shape index (κ3) is 5.36. The molecule has 0 saturated heterocycles. The molecule has 1 atom stereocenters. The van der Waals surface area contributed by atoms with Crippen molar-refractivity contribution in [3.8, 4) is 0 Å². The molecule has 2 N–H and O–H groups in total. The number of esters is 1. The van der Waals surface area contributed by atoms with E-state index in [1.807, 2.05) is 6.92 Å². The van der Waals surface area contributed by atoms with E-state index in [-0.39, 0.29) is 17.5 Å². The van der Waals surface area contributed by atoms with Gasteiger partial charge in [-0.2, -0.15) is 0 Å². The SMILES string of the molecule is C[C@H](NC(=O)COC(=O)CNC(=O)c1ccccc1F)C1CC1. The molecule has 124 valence electrons. The lowest BCUT2D eigenvalue weighted by Crippen LogP contribution is -2.38. The molecule has 1 aromatic rings. The summed E-state index contributed by atoms with van der Waals surface area (Å²) < 4.78 is 18.1. The number of nitrogens with one attached hydrogen (secondary N) is 2. The second kappa shape index (κ2) is 7.71. The maximum atomic E-state index is 13.4. The van der Waals surface area contributed by atoms with E-state index >= 15 is 0 Å². The molecule has 1 aromatic carbocycles. The Bertz CT molecular complexity index is 601. The number of carbonyl (C=O) groups is 3. The van der Waals surface area contributed by atoms with Gasteiger partial charge in [0.1, 0.15) is 12.4 Å². The Morgan fingerprint density at radius 3 is 2.65 bits per heavy atom. The van der Waals surface area contributed by atoms with Crippen molar-refractivity contribution in [1.82, 2.24) is 10.6 Å². The van der Waals surface area contributed by atoms with Gasteiger partial charge >= 0.3 is 5.97 Å². The molecule has 0 aliphatic heterocycles. The lowest BCUT2D eigenvalue weighted by molar-refractivity contribution is -0.147. The number of hydrogen-bond donors (Lipinski definition) is 2. The Labute approximate surface area is 133 Å². The molecule has 0 heterocycles. The van der Waals surface area contributed by atoms with Gasteiger partial charge in [0.25, 0.3) is 11.8 Å². The molecule has 6 nitrogen and oxygen atoms in total. The Morgan fingerprint density at radius 2 is 2.00 bits per heavy atom. The van der Waals surface area contributed by atoms with Crippen LogP contribution >= 0.6 is 0 Å². The first-order valence-corrected chi connectivity index (χ1v) is 7.45. The number of halogens is 1. The summed E-state index contributed by atoms with van der Waals surface area (Å²) >= 11 is 0. The van der Waals surface area contributed by atoms with Crippen LogP contribution in [0.4, 0.5) is 4.39 Å². The van der Waals surface area contributed by atoms with E-state index < -0.39 is 30.8 Å². The predicted octanol–water partition coefficient (Wildman–Crippen LogP) is 1.01. The van der Waals surface area contributed by atoms with Crippen molar-refractivity contribution in [2.75, 3.05) is 13.2 Å². The third-order valence-electron chi connectivity index (χ3n) is 3.59. The Hall–Kier alpha value is -2.44. The molecule has 0 spiro atoms. The van der Waals surface area contributed by atoms with Crippen LogP contribution in [0.15, 0.2) is 24.3 Å². The summed E-state index contributed by atoms with van der Waals surface area (Å²) in [5.41, 5.74) is -0.156. The summed E-state index contributed by atoms with van der Waals surface area (Å²) in [6.07, 6.45) is 2.20. The molecular formula is C16H19FN2O4. The molecule has 23 heavy (non-hydrogen) atoms. The van der Waals surface area contributed by atoms with Crippen molar-refractivity contribution in [2.45, 2.75) is 25.8 Å². The van der Waals surface area contributed by atoms with Crippen molar-refractivity contribution in [1.29, 1.82) is 0 Å².